The Labute approximate surface area is 83.4 Å². The standard InChI is InChI=1S/C8H16FNO3S/c9-7(5-14(11,12)13)8(10)6-3-1-2-4-6/h6-8H,1-5,10H2,(H,11,12,13)/t7?,8-/m1/s1. The van der Waals surface area contributed by atoms with Crippen LogP contribution in [0, 0.1) is 5.92 Å². The highest BCUT2D eigenvalue weighted by molar-refractivity contribution is 7.85. The van der Waals surface area contributed by atoms with Gasteiger partial charge in [0.15, 0.2) is 0 Å². The van der Waals surface area contributed by atoms with Gasteiger partial charge in [-0.3, -0.25) is 4.55 Å². The first kappa shape index (κ1) is 11.9. The van der Waals surface area contributed by atoms with Crippen molar-refractivity contribution in [1.82, 2.24) is 0 Å². The molecule has 2 atom stereocenters. The van der Waals surface area contributed by atoms with Crippen LogP contribution in [0.15, 0.2) is 0 Å². The highest BCUT2D eigenvalue weighted by atomic mass is 32.2. The SMILES string of the molecule is N[C@@H](C(F)CS(=O)(=O)O)C1CCCC1. The first-order chi connectivity index (χ1) is 6.40. The van der Waals surface area contributed by atoms with Crippen molar-refractivity contribution in [3.8, 4) is 0 Å². The monoisotopic (exact) mass is 225 g/mol. The van der Waals surface area contributed by atoms with Crippen LogP contribution >= 0.6 is 0 Å². The number of hydrogen-bond acceptors (Lipinski definition) is 3. The minimum atomic E-state index is -4.25. The summed E-state index contributed by atoms with van der Waals surface area (Å²) < 4.78 is 42.6. The predicted octanol–water partition coefficient (Wildman–Crippen LogP) is 0.730. The van der Waals surface area contributed by atoms with E-state index in [2.05, 4.69) is 0 Å². The van der Waals surface area contributed by atoms with Gasteiger partial charge >= 0.3 is 0 Å². The van der Waals surface area contributed by atoms with Gasteiger partial charge in [-0.1, -0.05) is 12.8 Å². The van der Waals surface area contributed by atoms with Crippen LogP contribution in [0.25, 0.3) is 0 Å². The molecule has 1 aliphatic rings. The highest BCUT2D eigenvalue weighted by Crippen LogP contribution is 2.28. The lowest BCUT2D eigenvalue weighted by Gasteiger charge is -2.21. The molecule has 1 unspecified atom stereocenters. The van der Waals surface area contributed by atoms with Crippen LogP contribution in [-0.2, 0) is 10.1 Å². The molecule has 0 aromatic heterocycles. The van der Waals surface area contributed by atoms with Crippen LogP contribution in [0.4, 0.5) is 4.39 Å². The normalized spacial score (nSPS) is 23.6. The predicted molar refractivity (Wildman–Crippen MR) is 51.2 cm³/mol. The van der Waals surface area contributed by atoms with E-state index in [1.807, 2.05) is 0 Å². The largest absolute Gasteiger partial charge is 0.325 e. The van der Waals surface area contributed by atoms with Gasteiger partial charge in [-0.2, -0.15) is 8.42 Å². The average Bonchev–Trinajstić information content (AvgIpc) is 2.51. The fourth-order valence-corrected chi connectivity index (χ4v) is 2.57. The minimum Gasteiger partial charge on any atom is -0.325 e. The summed E-state index contributed by atoms with van der Waals surface area (Å²) in [5.74, 6) is -0.822. The second-order valence-electron chi connectivity index (χ2n) is 3.89. The second kappa shape index (κ2) is 4.55. The van der Waals surface area contributed by atoms with Crippen molar-refractivity contribution in [2.75, 3.05) is 5.75 Å². The fourth-order valence-electron chi connectivity index (χ4n) is 1.95. The van der Waals surface area contributed by atoms with E-state index in [0.29, 0.717) is 0 Å². The summed E-state index contributed by atoms with van der Waals surface area (Å²) in [5, 5.41) is 0. The Hall–Kier alpha value is -0.200. The van der Waals surface area contributed by atoms with E-state index in [1.165, 1.54) is 0 Å². The van der Waals surface area contributed by atoms with Crippen LogP contribution in [0.2, 0.25) is 0 Å². The maximum absolute atomic E-state index is 13.3. The van der Waals surface area contributed by atoms with Gasteiger partial charge < -0.3 is 5.73 Å². The smallest absolute Gasteiger partial charge is 0.267 e. The zero-order chi connectivity index (χ0) is 10.8. The van der Waals surface area contributed by atoms with E-state index >= 15 is 0 Å². The van der Waals surface area contributed by atoms with E-state index in [1.54, 1.807) is 0 Å². The first-order valence-electron chi connectivity index (χ1n) is 4.75. The van der Waals surface area contributed by atoms with E-state index in [9.17, 15) is 12.8 Å². The minimum absolute atomic E-state index is 0.0618. The Morgan fingerprint density at radius 2 is 1.93 bits per heavy atom. The molecule has 6 heteroatoms. The molecule has 84 valence electrons. The number of alkyl halides is 1. The summed E-state index contributed by atoms with van der Waals surface area (Å²) in [6, 6.07) is -0.764. The topological polar surface area (TPSA) is 80.4 Å². The summed E-state index contributed by atoms with van der Waals surface area (Å²) in [6.07, 6.45) is 2.10. The van der Waals surface area contributed by atoms with Crippen molar-refractivity contribution in [1.29, 1.82) is 0 Å². The van der Waals surface area contributed by atoms with Crippen LogP contribution in [0.5, 0.6) is 0 Å². The molecule has 0 bridgehead atoms. The van der Waals surface area contributed by atoms with E-state index in [0.717, 1.165) is 25.7 Å². The van der Waals surface area contributed by atoms with Crippen molar-refractivity contribution in [2.24, 2.45) is 11.7 Å². The number of halogens is 1. The van der Waals surface area contributed by atoms with Gasteiger partial charge in [-0.25, -0.2) is 4.39 Å². The van der Waals surface area contributed by atoms with Gasteiger partial charge in [0, 0.05) is 6.04 Å². The molecule has 1 fully saturated rings. The third-order valence-electron chi connectivity index (χ3n) is 2.73. The Balaban J connectivity index is 2.47. The molecule has 0 radical (unpaired) electrons. The molecule has 0 aromatic rings. The summed E-state index contributed by atoms with van der Waals surface area (Å²) in [7, 11) is -4.25. The van der Waals surface area contributed by atoms with Crippen LogP contribution in [-0.4, -0.2) is 30.9 Å². The van der Waals surface area contributed by atoms with Gasteiger partial charge in [0.2, 0.25) is 0 Å². The van der Waals surface area contributed by atoms with Crippen molar-refractivity contribution in [3.63, 3.8) is 0 Å². The number of hydrogen-bond donors (Lipinski definition) is 2. The first-order valence-corrected chi connectivity index (χ1v) is 6.36. The molecule has 14 heavy (non-hydrogen) atoms. The van der Waals surface area contributed by atoms with Crippen LogP contribution in [0.3, 0.4) is 0 Å². The molecule has 0 heterocycles. The number of rotatable bonds is 4. The molecule has 1 rings (SSSR count). The second-order valence-corrected chi connectivity index (χ2v) is 5.38. The van der Waals surface area contributed by atoms with Crippen molar-refractivity contribution in [2.45, 2.75) is 37.9 Å². The summed E-state index contributed by atoms with van der Waals surface area (Å²) in [4.78, 5) is 0. The molecule has 0 aliphatic heterocycles. The molecular formula is C8H16FNO3S. The molecule has 0 amide bonds. The van der Waals surface area contributed by atoms with Crippen LogP contribution in [0.1, 0.15) is 25.7 Å². The summed E-state index contributed by atoms with van der Waals surface area (Å²) in [6.45, 7) is 0. The molecule has 3 N–H and O–H groups in total. The number of nitrogens with two attached hydrogens (primary N) is 1. The van der Waals surface area contributed by atoms with Gasteiger partial charge in [0.1, 0.15) is 11.9 Å². The quantitative estimate of drug-likeness (QED) is 0.691. The van der Waals surface area contributed by atoms with Gasteiger partial charge in [-0.15, -0.1) is 0 Å². The molecule has 0 saturated heterocycles. The fraction of sp³-hybridized carbons (Fsp3) is 1.00. The van der Waals surface area contributed by atoms with Crippen molar-refractivity contribution >= 4 is 10.1 Å². The van der Waals surface area contributed by atoms with Gasteiger partial charge in [-0.05, 0) is 18.8 Å². The summed E-state index contributed by atoms with van der Waals surface area (Å²) in [5.41, 5.74) is 5.58. The maximum Gasteiger partial charge on any atom is 0.267 e. The lowest BCUT2D eigenvalue weighted by Crippen LogP contribution is -2.41. The highest BCUT2D eigenvalue weighted by Gasteiger charge is 2.31. The zero-order valence-corrected chi connectivity index (χ0v) is 8.71. The molecule has 4 nitrogen and oxygen atoms in total. The molecule has 0 spiro atoms. The lowest BCUT2D eigenvalue weighted by molar-refractivity contribution is 0.245. The molecule has 0 aromatic carbocycles. The zero-order valence-electron chi connectivity index (χ0n) is 7.89. The Bertz CT molecular complexity index is 274. The third-order valence-corrected chi connectivity index (χ3v) is 3.47. The molecular weight excluding hydrogens is 209 g/mol. The van der Waals surface area contributed by atoms with Crippen molar-refractivity contribution in [3.05, 3.63) is 0 Å². The van der Waals surface area contributed by atoms with Gasteiger partial charge in [0.05, 0.1) is 0 Å². The van der Waals surface area contributed by atoms with Crippen LogP contribution < -0.4 is 5.73 Å². The lowest BCUT2D eigenvalue weighted by atomic mass is 9.96. The maximum atomic E-state index is 13.3. The Kier molecular flexibility index (Phi) is 3.86. The molecule has 1 saturated carbocycles. The third kappa shape index (κ3) is 3.51. The Morgan fingerprint density at radius 3 is 2.36 bits per heavy atom. The summed E-state index contributed by atoms with van der Waals surface area (Å²) >= 11 is 0. The molecule has 1 aliphatic carbocycles. The van der Waals surface area contributed by atoms with Crippen molar-refractivity contribution < 1.29 is 17.4 Å². The van der Waals surface area contributed by atoms with E-state index < -0.39 is 28.1 Å². The van der Waals surface area contributed by atoms with E-state index in [4.69, 9.17) is 10.3 Å². The van der Waals surface area contributed by atoms with E-state index in [-0.39, 0.29) is 5.92 Å². The average molecular weight is 225 g/mol. The Morgan fingerprint density at radius 1 is 1.43 bits per heavy atom. The van der Waals surface area contributed by atoms with Gasteiger partial charge in [0.25, 0.3) is 10.1 Å².